The summed E-state index contributed by atoms with van der Waals surface area (Å²) < 4.78 is 9.65. The van der Waals surface area contributed by atoms with E-state index in [0.717, 1.165) is 0 Å². The molecule has 1 atom stereocenters. The molecule has 0 aliphatic heterocycles. The van der Waals surface area contributed by atoms with Crippen molar-refractivity contribution in [3.63, 3.8) is 0 Å². The third-order valence-corrected chi connectivity index (χ3v) is 1.15. The van der Waals surface area contributed by atoms with Gasteiger partial charge in [-0.1, -0.05) is 0 Å². The number of carboxylic acids is 1. The van der Waals surface area contributed by atoms with E-state index in [9.17, 15) is 4.79 Å². The molecule has 0 aromatic carbocycles. The average Bonchev–Trinajstić information content (AvgIpc) is 2.03. The van der Waals surface area contributed by atoms with Crippen molar-refractivity contribution in [2.45, 2.75) is 13.0 Å². The highest BCUT2D eigenvalue weighted by atomic mass is 16.5. The molecular weight excluding hydrogens is 164 g/mol. The van der Waals surface area contributed by atoms with Crippen molar-refractivity contribution < 1.29 is 24.5 Å². The minimum Gasteiger partial charge on any atom is -0.479 e. The second-order valence-electron chi connectivity index (χ2n) is 2.08. The number of hydrogen-bond donors (Lipinski definition) is 2. The van der Waals surface area contributed by atoms with Gasteiger partial charge in [0.05, 0.1) is 19.8 Å². The summed E-state index contributed by atoms with van der Waals surface area (Å²) in [5.41, 5.74) is 0. The van der Waals surface area contributed by atoms with Gasteiger partial charge in [-0.3, -0.25) is 0 Å². The Kier molecular flexibility index (Phi) is 6.64. The number of aliphatic hydroxyl groups excluding tert-OH is 1. The van der Waals surface area contributed by atoms with Crippen LogP contribution in [0.5, 0.6) is 0 Å². The summed E-state index contributed by atoms with van der Waals surface area (Å²) in [6, 6.07) is 0. The first-order valence-corrected chi connectivity index (χ1v) is 3.75. The number of ether oxygens (including phenoxy) is 2. The van der Waals surface area contributed by atoms with Crippen LogP contribution in [0.25, 0.3) is 0 Å². The fourth-order valence-electron chi connectivity index (χ4n) is 0.647. The van der Waals surface area contributed by atoms with Crippen LogP contribution in [0.1, 0.15) is 6.92 Å². The zero-order chi connectivity index (χ0) is 9.40. The van der Waals surface area contributed by atoms with Crippen molar-refractivity contribution in [2.24, 2.45) is 0 Å². The molecule has 0 aliphatic rings. The predicted octanol–water partition coefficient (Wildman–Crippen LogP) is -0.515. The van der Waals surface area contributed by atoms with Crippen molar-refractivity contribution in [3.05, 3.63) is 0 Å². The number of rotatable bonds is 7. The maximum atomic E-state index is 10.4. The maximum absolute atomic E-state index is 10.4. The van der Waals surface area contributed by atoms with Gasteiger partial charge >= 0.3 is 5.97 Å². The smallest absolute Gasteiger partial charge is 0.335 e. The van der Waals surface area contributed by atoms with Crippen molar-refractivity contribution in [2.75, 3.05) is 26.4 Å². The second-order valence-corrected chi connectivity index (χ2v) is 2.08. The summed E-state index contributed by atoms with van der Waals surface area (Å²) in [6.07, 6.45) is -0.929. The highest BCUT2D eigenvalue weighted by Crippen LogP contribution is 1.93. The minimum atomic E-state index is -1.05. The van der Waals surface area contributed by atoms with Crippen molar-refractivity contribution in [1.82, 2.24) is 0 Å². The summed E-state index contributed by atoms with van der Waals surface area (Å²) in [5, 5.41) is 16.9. The summed E-state index contributed by atoms with van der Waals surface area (Å²) in [5.74, 6) is -1.05. The van der Waals surface area contributed by atoms with Crippen LogP contribution in [0.2, 0.25) is 0 Å². The van der Waals surface area contributed by atoms with E-state index in [0.29, 0.717) is 6.61 Å². The molecular formula is C7H14O5. The fraction of sp³-hybridized carbons (Fsp3) is 0.857. The summed E-state index contributed by atoms with van der Waals surface area (Å²) in [7, 11) is 0. The lowest BCUT2D eigenvalue weighted by atomic mass is 10.4. The molecule has 0 radical (unpaired) electrons. The predicted molar refractivity (Wildman–Crippen MR) is 41.0 cm³/mol. The van der Waals surface area contributed by atoms with Gasteiger partial charge in [0.2, 0.25) is 0 Å². The first-order chi connectivity index (χ1) is 5.72. The molecule has 0 aliphatic carbocycles. The molecule has 0 spiro atoms. The Morgan fingerprint density at radius 2 is 2.25 bits per heavy atom. The first-order valence-electron chi connectivity index (χ1n) is 3.75. The van der Waals surface area contributed by atoms with E-state index in [2.05, 4.69) is 0 Å². The quantitative estimate of drug-likeness (QED) is 0.513. The van der Waals surface area contributed by atoms with E-state index >= 15 is 0 Å². The molecule has 5 nitrogen and oxygen atoms in total. The van der Waals surface area contributed by atoms with Crippen LogP contribution in [-0.2, 0) is 14.3 Å². The molecule has 72 valence electrons. The Morgan fingerprint density at radius 3 is 2.67 bits per heavy atom. The van der Waals surface area contributed by atoms with E-state index in [1.54, 1.807) is 6.92 Å². The molecule has 0 fully saturated rings. The number of carbonyl (C=O) groups is 1. The van der Waals surface area contributed by atoms with Crippen molar-refractivity contribution >= 4 is 5.97 Å². The van der Waals surface area contributed by atoms with E-state index in [1.165, 1.54) is 0 Å². The van der Waals surface area contributed by atoms with Crippen molar-refractivity contribution in [1.29, 1.82) is 0 Å². The number of aliphatic carboxylic acids is 1. The molecule has 1 unspecified atom stereocenters. The number of hydrogen-bond acceptors (Lipinski definition) is 4. The van der Waals surface area contributed by atoms with E-state index < -0.39 is 12.1 Å². The van der Waals surface area contributed by atoms with Gasteiger partial charge in [0.25, 0.3) is 0 Å². The van der Waals surface area contributed by atoms with Crippen LogP contribution in [0, 0.1) is 0 Å². The lowest BCUT2D eigenvalue weighted by molar-refractivity contribution is -0.154. The van der Waals surface area contributed by atoms with Gasteiger partial charge in [-0.25, -0.2) is 4.79 Å². The van der Waals surface area contributed by atoms with Gasteiger partial charge in [0.1, 0.15) is 0 Å². The van der Waals surface area contributed by atoms with Crippen LogP contribution in [0.4, 0.5) is 0 Å². The third kappa shape index (κ3) is 5.06. The van der Waals surface area contributed by atoms with Crippen LogP contribution in [0.15, 0.2) is 0 Å². The van der Waals surface area contributed by atoms with Gasteiger partial charge in [0, 0.05) is 6.61 Å². The zero-order valence-corrected chi connectivity index (χ0v) is 7.02. The van der Waals surface area contributed by atoms with Crippen LogP contribution < -0.4 is 0 Å². The van der Waals surface area contributed by atoms with Crippen LogP contribution in [-0.4, -0.2) is 48.7 Å². The zero-order valence-electron chi connectivity index (χ0n) is 7.02. The summed E-state index contributed by atoms with van der Waals surface area (Å²) >= 11 is 0. The largest absolute Gasteiger partial charge is 0.479 e. The molecule has 0 saturated heterocycles. The van der Waals surface area contributed by atoms with Gasteiger partial charge < -0.3 is 19.7 Å². The van der Waals surface area contributed by atoms with Gasteiger partial charge in [-0.05, 0) is 6.92 Å². The summed E-state index contributed by atoms with van der Waals surface area (Å²) in [6.45, 7) is 2.04. The Morgan fingerprint density at radius 1 is 1.58 bits per heavy atom. The lowest BCUT2D eigenvalue weighted by Crippen LogP contribution is -2.29. The first kappa shape index (κ1) is 11.4. The van der Waals surface area contributed by atoms with Crippen molar-refractivity contribution in [3.8, 4) is 0 Å². The molecule has 0 heterocycles. The molecule has 0 rings (SSSR count). The molecule has 12 heavy (non-hydrogen) atoms. The average molecular weight is 178 g/mol. The van der Waals surface area contributed by atoms with Crippen LogP contribution in [0.3, 0.4) is 0 Å². The molecule has 0 bridgehead atoms. The molecule has 0 aromatic rings. The molecule has 0 saturated carbocycles. The molecule has 2 N–H and O–H groups in total. The van der Waals surface area contributed by atoms with Gasteiger partial charge in [-0.15, -0.1) is 0 Å². The summed E-state index contributed by atoms with van der Waals surface area (Å²) in [4.78, 5) is 10.4. The monoisotopic (exact) mass is 178 g/mol. The topological polar surface area (TPSA) is 76.0 Å². The van der Waals surface area contributed by atoms with Gasteiger partial charge in [-0.2, -0.15) is 0 Å². The lowest BCUT2D eigenvalue weighted by Gasteiger charge is -2.11. The molecule has 0 aromatic heterocycles. The SMILES string of the molecule is CCOC(COCCO)C(=O)O. The second kappa shape index (κ2) is 7.02. The third-order valence-electron chi connectivity index (χ3n) is 1.15. The maximum Gasteiger partial charge on any atom is 0.335 e. The Balaban J connectivity index is 3.56. The Hall–Kier alpha value is -0.650. The highest BCUT2D eigenvalue weighted by molar-refractivity contribution is 5.72. The number of aliphatic hydroxyl groups is 1. The van der Waals surface area contributed by atoms with Crippen LogP contribution >= 0.6 is 0 Å². The Labute approximate surface area is 70.9 Å². The number of carboxylic acid groups (broad SMARTS) is 1. The van der Waals surface area contributed by atoms with E-state index in [-0.39, 0.29) is 19.8 Å². The fourth-order valence-corrected chi connectivity index (χ4v) is 0.647. The molecule has 0 amide bonds. The standard InChI is InChI=1S/C7H14O5/c1-2-12-6(7(9)10)5-11-4-3-8/h6,8H,2-5H2,1H3,(H,9,10). The van der Waals surface area contributed by atoms with E-state index in [4.69, 9.17) is 19.7 Å². The minimum absolute atomic E-state index is 0.0241. The van der Waals surface area contributed by atoms with Gasteiger partial charge in [0.15, 0.2) is 6.10 Å². The molecule has 5 heteroatoms. The normalized spacial score (nSPS) is 12.8. The Bertz CT molecular complexity index is 125. The van der Waals surface area contributed by atoms with E-state index in [1.807, 2.05) is 0 Å². The highest BCUT2D eigenvalue weighted by Gasteiger charge is 2.16.